The summed E-state index contributed by atoms with van der Waals surface area (Å²) in [4.78, 5) is 4.46. The van der Waals surface area contributed by atoms with Crippen molar-refractivity contribution in [3.05, 3.63) is 30.6 Å². The summed E-state index contributed by atoms with van der Waals surface area (Å²) in [6, 6.07) is 6.16. The van der Waals surface area contributed by atoms with E-state index in [0.29, 0.717) is 6.10 Å². The summed E-state index contributed by atoms with van der Waals surface area (Å²) >= 11 is 1.77. The van der Waals surface area contributed by atoms with Gasteiger partial charge in [-0.2, -0.15) is 0 Å². The van der Waals surface area contributed by atoms with Gasteiger partial charge in [-0.25, -0.2) is 4.98 Å². The molecule has 2 aromatic heterocycles. The molecule has 2 atom stereocenters. The monoisotopic (exact) mass is 290 g/mol. The van der Waals surface area contributed by atoms with Gasteiger partial charge in [0.05, 0.1) is 24.4 Å². The van der Waals surface area contributed by atoms with Gasteiger partial charge in [0.15, 0.2) is 5.16 Å². The molecule has 0 aliphatic heterocycles. The molecule has 0 radical (unpaired) electrons. The first-order valence-electron chi connectivity index (χ1n) is 7.51. The second kappa shape index (κ2) is 6.64. The van der Waals surface area contributed by atoms with Gasteiger partial charge in [-0.1, -0.05) is 37.6 Å². The maximum atomic E-state index is 6.05. The van der Waals surface area contributed by atoms with E-state index >= 15 is 0 Å². The Bertz CT molecular complexity index is 554. The van der Waals surface area contributed by atoms with Gasteiger partial charge in [0.2, 0.25) is 0 Å². The fourth-order valence-corrected chi connectivity index (χ4v) is 3.68. The van der Waals surface area contributed by atoms with Gasteiger partial charge in [0, 0.05) is 11.9 Å². The zero-order chi connectivity index (χ0) is 13.8. The molecule has 0 aromatic carbocycles. The maximum absolute atomic E-state index is 6.05. The zero-order valence-electron chi connectivity index (χ0n) is 12.0. The molecule has 2 heterocycles. The molecule has 2 aromatic rings. The molecule has 3 nitrogen and oxygen atoms in total. The van der Waals surface area contributed by atoms with Gasteiger partial charge in [0.1, 0.15) is 0 Å². The number of nitrogens with zero attached hydrogens (tertiary/aromatic N) is 2. The van der Waals surface area contributed by atoms with Gasteiger partial charge in [-0.15, -0.1) is 0 Å². The molecule has 0 N–H and O–H groups in total. The smallest absolute Gasteiger partial charge is 0.172 e. The van der Waals surface area contributed by atoms with Crippen molar-refractivity contribution in [2.24, 2.45) is 5.92 Å². The number of hydrogen-bond acceptors (Lipinski definition) is 3. The average Bonchev–Trinajstić information content (AvgIpc) is 2.89. The highest BCUT2D eigenvalue weighted by Crippen LogP contribution is 2.26. The Balaban J connectivity index is 1.48. The summed E-state index contributed by atoms with van der Waals surface area (Å²) in [7, 11) is 0. The summed E-state index contributed by atoms with van der Waals surface area (Å²) in [6.07, 6.45) is 9.71. The van der Waals surface area contributed by atoms with Gasteiger partial charge in [-0.05, 0) is 30.9 Å². The van der Waals surface area contributed by atoms with Crippen molar-refractivity contribution in [3.8, 4) is 0 Å². The Morgan fingerprint density at radius 3 is 3.15 bits per heavy atom. The number of imidazole rings is 1. The number of hydrogen-bond donors (Lipinski definition) is 0. The van der Waals surface area contributed by atoms with Crippen molar-refractivity contribution in [2.75, 3.05) is 12.4 Å². The Hall–Kier alpha value is -1.00. The Labute approximate surface area is 124 Å². The first-order valence-corrected chi connectivity index (χ1v) is 8.49. The summed E-state index contributed by atoms with van der Waals surface area (Å²) in [6.45, 7) is 3.14. The minimum atomic E-state index is 0.473. The molecule has 108 valence electrons. The molecule has 1 aliphatic carbocycles. The number of thioether (sulfide) groups is 1. The summed E-state index contributed by atoms with van der Waals surface area (Å²) < 4.78 is 8.18. The van der Waals surface area contributed by atoms with E-state index < -0.39 is 0 Å². The fraction of sp³-hybridized carbons (Fsp3) is 0.562. The first kappa shape index (κ1) is 14.0. The SMILES string of the molecule is CC1CCCCC1OCCSc1ncc2ccccn12. The van der Waals surface area contributed by atoms with Gasteiger partial charge >= 0.3 is 0 Å². The van der Waals surface area contributed by atoms with E-state index in [1.165, 1.54) is 25.7 Å². The van der Waals surface area contributed by atoms with Crippen molar-refractivity contribution in [1.82, 2.24) is 9.38 Å². The van der Waals surface area contributed by atoms with Crippen LogP contribution in [0.5, 0.6) is 0 Å². The van der Waals surface area contributed by atoms with Crippen molar-refractivity contribution >= 4 is 17.3 Å². The summed E-state index contributed by atoms with van der Waals surface area (Å²) in [5.74, 6) is 1.69. The van der Waals surface area contributed by atoms with Crippen LogP contribution in [-0.4, -0.2) is 27.8 Å². The number of ether oxygens (including phenoxy) is 1. The van der Waals surface area contributed by atoms with E-state index in [0.717, 1.165) is 29.0 Å². The minimum Gasteiger partial charge on any atom is -0.377 e. The normalized spacial score (nSPS) is 23.2. The molecule has 0 saturated heterocycles. The predicted octanol–water partition coefficient (Wildman–Crippen LogP) is 4.02. The molecule has 0 spiro atoms. The van der Waals surface area contributed by atoms with Crippen LogP contribution in [0.25, 0.3) is 5.52 Å². The molecule has 3 rings (SSSR count). The minimum absolute atomic E-state index is 0.473. The van der Waals surface area contributed by atoms with Crippen LogP contribution in [-0.2, 0) is 4.74 Å². The molecular formula is C16H22N2OS. The topological polar surface area (TPSA) is 26.5 Å². The maximum Gasteiger partial charge on any atom is 0.172 e. The van der Waals surface area contributed by atoms with Crippen LogP contribution in [0.4, 0.5) is 0 Å². The number of rotatable bonds is 5. The van der Waals surface area contributed by atoms with Crippen LogP contribution < -0.4 is 0 Å². The average molecular weight is 290 g/mol. The third-order valence-electron chi connectivity index (χ3n) is 4.08. The first-order chi connectivity index (χ1) is 9.84. The number of fused-ring (bicyclic) bond motifs is 1. The quantitative estimate of drug-likeness (QED) is 0.614. The predicted molar refractivity (Wildman–Crippen MR) is 83.3 cm³/mol. The second-order valence-corrected chi connectivity index (χ2v) is 6.62. The lowest BCUT2D eigenvalue weighted by atomic mass is 9.88. The van der Waals surface area contributed by atoms with Crippen LogP contribution in [0.15, 0.2) is 35.7 Å². The molecular weight excluding hydrogens is 268 g/mol. The van der Waals surface area contributed by atoms with E-state index in [9.17, 15) is 0 Å². The molecule has 20 heavy (non-hydrogen) atoms. The van der Waals surface area contributed by atoms with Crippen LogP contribution in [0, 0.1) is 5.92 Å². The molecule has 0 amide bonds. The Kier molecular flexibility index (Phi) is 4.63. The van der Waals surface area contributed by atoms with E-state index in [2.05, 4.69) is 28.6 Å². The van der Waals surface area contributed by atoms with E-state index in [-0.39, 0.29) is 0 Å². The summed E-state index contributed by atoms with van der Waals surface area (Å²) in [5, 5.41) is 1.06. The highest BCUT2D eigenvalue weighted by Gasteiger charge is 2.21. The lowest BCUT2D eigenvalue weighted by Gasteiger charge is -2.28. The second-order valence-electron chi connectivity index (χ2n) is 5.56. The molecule has 2 unspecified atom stereocenters. The molecule has 4 heteroatoms. The van der Waals surface area contributed by atoms with Crippen molar-refractivity contribution < 1.29 is 4.74 Å². The van der Waals surface area contributed by atoms with E-state index in [1.807, 2.05) is 18.3 Å². The summed E-state index contributed by atoms with van der Waals surface area (Å²) in [5.41, 5.74) is 1.15. The fourth-order valence-electron chi connectivity index (χ4n) is 2.89. The zero-order valence-corrected chi connectivity index (χ0v) is 12.8. The molecule has 1 aliphatic rings. The van der Waals surface area contributed by atoms with Crippen molar-refractivity contribution in [3.63, 3.8) is 0 Å². The van der Waals surface area contributed by atoms with Gasteiger partial charge < -0.3 is 4.74 Å². The highest BCUT2D eigenvalue weighted by atomic mass is 32.2. The van der Waals surface area contributed by atoms with E-state index in [1.54, 1.807) is 11.8 Å². The Morgan fingerprint density at radius 2 is 2.25 bits per heavy atom. The van der Waals surface area contributed by atoms with Crippen molar-refractivity contribution in [1.29, 1.82) is 0 Å². The molecule has 1 fully saturated rings. The standard InChI is InChI=1S/C16H22N2OS/c1-13-6-2-3-8-15(13)19-10-11-20-16-17-12-14-7-4-5-9-18(14)16/h4-5,7,9,12-13,15H,2-3,6,8,10-11H2,1H3. The molecule has 0 bridgehead atoms. The highest BCUT2D eigenvalue weighted by molar-refractivity contribution is 7.99. The third-order valence-corrected chi connectivity index (χ3v) is 5.02. The van der Waals surface area contributed by atoms with Gasteiger partial charge in [0.25, 0.3) is 0 Å². The lowest BCUT2D eigenvalue weighted by Crippen LogP contribution is -2.26. The number of pyridine rings is 1. The third kappa shape index (κ3) is 3.18. The van der Waals surface area contributed by atoms with Crippen LogP contribution >= 0.6 is 11.8 Å². The van der Waals surface area contributed by atoms with Crippen LogP contribution in [0.2, 0.25) is 0 Å². The lowest BCUT2D eigenvalue weighted by molar-refractivity contribution is 0.00345. The largest absolute Gasteiger partial charge is 0.377 e. The molecule has 1 saturated carbocycles. The van der Waals surface area contributed by atoms with E-state index in [4.69, 9.17) is 4.74 Å². The van der Waals surface area contributed by atoms with Crippen LogP contribution in [0.1, 0.15) is 32.6 Å². The van der Waals surface area contributed by atoms with Gasteiger partial charge in [-0.3, -0.25) is 4.40 Å². The Morgan fingerprint density at radius 1 is 1.35 bits per heavy atom. The van der Waals surface area contributed by atoms with Crippen molar-refractivity contribution in [2.45, 2.75) is 43.9 Å². The van der Waals surface area contributed by atoms with Crippen LogP contribution in [0.3, 0.4) is 0 Å². The number of aromatic nitrogens is 2.